The summed E-state index contributed by atoms with van der Waals surface area (Å²) in [6, 6.07) is 1.06. The highest BCUT2D eigenvalue weighted by Crippen LogP contribution is 2.28. The van der Waals surface area contributed by atoms with E-state index in [4.69, 9.17) is 0 Å². The lowest BCUT2D eigenvalue weighted by Crippen LogP contribution is -2.24. The van der Waals surface area contributed by atoms with E-state index in [1.165, 1.54) is 0 Å². The molecule has 0 aliphatic carbocycles. The van der Waals surface area contributed by atoms with Gasteiger partial charge >= 0.3 is 6.18 Å². The summed E-state index contributed by atoms with van der Waals surface area (Å²) in [6.07, 6.45) is -4.84. The molecule has 0 radical (unpaired) electrons. The maximum absolute atomic E-state index is 13.7. The van der Waals surface area contributed by atoms with Crippen molar-refractivity contribution in [3.8, 4) is 0 Å². The average molecular weight is 313 g/mol. The Labute approximate surface area is 119 Å². The van der Waals surface area contributed by atoms with Gasteiger partial charge in [-0.2, -0.15) is 13.2 Å². The van der Waals surface area contributed by atoms with Crippen molar-refractivity contribution < 1.29 is 26.3 Å². The van der Waals surface area contributed by atoms with Gasteiger partial charge in [0.2, 0.25) is 0 Å². The summed E-state index contributed by atoms with van der Waals surface area (Å²) in [4.78, 5) is 0. The Kier molecular flexibility index (Phi) is 6.51. The number of benzene rings is 1. The zero-order valence-electron chi connectivity index (χ0n) is 11.5. The van der Waals surface area contributed by atoms with Crippen molar-refractivity contribution in [1.29, 1.82) is 0 Å². The standard InChI is InChI=1S/C14H17F6N/c1-2-8-21-11(4-3-7-14(18,19)20)9-5-6-10(15)13(17)12(9)16/h5-6,11,21H,2-4,7-8H2,1H3. The van der Waals surface area contributed by atoms with E-state index in [2.05, 4.69) is 5.32 Å². The highest BCUT2D eigenvalue weighted by molar-refractivity contribution is 5.23. The largest absolute Gasteiger partial charge is 0.389 e. The predicted octanol–water partition coefficient (Wildman–Crippen LogP) is 4.88. The van der Waals surface area contributed by atoms with Gasteiger partial charge in [0.25, 0.3) is 0 Å². The average Bonchev–Trinajstić information content (AvgIpc) is 2.39. The minimum absolute atomic E-state index is 0.0124. The second-order valence-corrected chi connectivity index (χ2v) is 4.78. The van der Waals surface area contributed by atoms with Gasteiger partial charge in [-0.05, 0) is 31.9 Å². The van der Waals surface area contributed by atoms with Crippen LogP contribution in [0.25, 0.3) is 0 Å². The van der Waals surface area contributed by atoms with Crippen molar-refractivity contribution >= 4 is 0 Å². The molecule has 0 amide bonds. The van der Waals surface area contributed by atoms with Crippen LogP contribution in [-0.2, 0) is 0 Å². The van der Waals surface area contributed by atoms with Crippen LogP contribution in [0.15, 0.2) is 12.1 Å². The minimum Gasteiger partial charge on any atom is -0.310 e. The number of hydrogen-bond acceptors (Lipinski definition) is 1. The first kappa shape index (κ1) is 17.8. The third-order valence-corrected chi connectivity index (χ3v) is 3.03. The van der Waals surface area contributed by atoms with Crippen LogP contribution < -0.4 is 5.32 Å². The summed E-state index contributed by atoms with van der Waals surface area (Å²) in [5.41, 5.74) is -0.149. The van der Waals surface area contributed by atoms with Crippen molar-refractivity contribution in [3.63, 3.8) is 0 Å². The molecular formula is C14H17F6N. The minimum atomic E-state index is -4.29. The molecule has 1 rings (SSSR count). The molecule has 0 heterocycles. The van der Waals surface area contributed by atoms with E-state index in [9.17, 15) is 26.3 Å². The number of alkyl halides is 3. The zero-order chi connectivity index (χ0) is 16.0. The molecule has 0 saturated heterocycles. The maximum Gasteiger partial charge on any atom is 0.389 e. The number of hydrogen-bond donors (Lipinski definition) is 1. The van der Waals surface area contributed by atoms with Crippen molar-refractivity contribution in [3.05, 3.63) is 35.1 Å². The fraction of sp³-hybridized carbons (Fsp3) is 0.571. The summed E-state index contributed by atoms with van der Waals surface area (Å²) < 4.78 is 76.3. The van der Waals surface area contributed by atoms with Gasteiger partial charge in [-0.1, -0.05) is 13.0 Å². The molecule has 0 aromatic heterocycles. The van der Waals surface area contributed by atoms with Crippen LogP contribution in [0.5, 0.6) is 0 Å². The van der Waals surface area contributed by atoms with Crippen LogP contribution in [0, 0.1) is 17.5 Å². The van der Waals surface area contributed by atoms with Crippen molar-refractivity contribution in [2.75, 3.05) is 6.54 Å². The second-order valence-electron chi connectivity index (χ2n) is 4.78. The summed E-state index contributed by atoms with van der Waals surface area (Å²) in [6.45, 7) is 2.27. The molecule has 0 fully saturated rings. The van der Waals surface area contributed by atoms with Gasteiger partial charge in [0.05, 0.1) is 0 Å². The summed E-state index contributed by atoms with van der Waals surface area (Å²) in [7, 11) is 0. The van der Waals surface area contributed by atoms with Crippen molar-refractivity contribution in [1.82, 2.24) is 5.32 Å². The lowest BCUT2D eigenvalue weighted by Gasteiger charge is -2.20. The van der Waals surface area contributed by atoms with Crippen LogP contribution in [0.1, 0.15) is 44.2 Å². The van der Waals surface area contributed by atoms with Gasteiger partial charge in [0.15, 0.2) is 17.5 Å². The van der Waals surface area contributed by atoms with Gasteiger partial charge in [-0.3, -0.25) is 0 Å². The summed E-state index contributed by atoms with van der Waals surface area (Å²) in [5.74, 6) is -4.27. The molecule has 1 atom stereocenters. The van der Waals surface area contributed by atoms with Crippen molar-refractivity contribution in [2.24, 2.45) is 0 Å². The first-order valence-electron chi connectivity index (χ1n) is 6.69. The highest BCUT2D eigenvalue weighted by Gasteiger charge is 2.27. The van der Waals surface area contributed by atoms with Crippen molar-refractivity contribution in [2.45, 2.75) is 44.8 Å². The molecule has 1 aromatic rings. The molecule has 21 heavy (non-hydrogen) atoms. The van der Waals surface area contributed by atoms with Gasteiger partial charge in [-0.15, -0.1) is 0 Å². The molecule has 1 aromatic carbocycles. The maximum atomic E-state index is 13.7. The molecule has 0 spiro atoms. The van der Waals surface area contributed by atoms with Crippen LogP contribution in [0.4, 0.5) is 26.3 Å². The zero-order valence-corrected chi connectivity index (χ0v) is 11.5. The molecule has 0 aliphatic rings. The lowest BCUT2D eigenvalue weighted by molar-refractivity contribution is -0.135. The Balaban J connectivity index is 2.84. The van der Waals surface area contributed by atoms with Crippen LogP contribution in [-0.4, -0.2) is 12.7 Å². The molecule has 120 valence electrons. The normalized spacial score (nSPS) is 13.5. The van der Waals surface area contributed by atoms with Gasteiger partial charge in [-0.25, -0.2) is 13.2 Å². The van der Waals surface area contributed by atoms with Gasteiger partial charge < -0.3 is 5.32 Å². The first-order chi connectivity index (χ1) is 9.76. The molecule has 7 heteroatoms. The number of halogens is 6. The van der Waals surface area contributed by atoms with Crippen LogP contribution in [0.2, 0.25) is 0 Å². The topological polar surface area (TPSA) is 12.0 Å². The third kappa shape index (κ3) is 5.57. The SMILES string of the molecule is CCCNC(CCCC(F)(F)F)c1ccc(F)c(F)c1F. The Morgan fingerprint density at radius 1 is 1.10 bits per heavy atom. The predicted molar refractivity (Wildman–Crippen MR) is 67.3 cm³/mol. The Bertz CT molecular complexity index is 458. The lowest BCUT2D eigenvalue weighted by atomic mass is 9.99. The smallest absolute Gasteiger partial charge is 0.310 e. The van der Waals surface area contributed by atoms with E-state index in [1.54, 1.807) is 0 Å². The van der Waals surface area contributed by atoms with E-state index in [0.717, 1.165) is 12.1 Å². The van der Waals surface area contributed by atoms with Crippen LogP contribution in [0.3, 0.4) is 0 Å². The molecule has 1 N–H and O–H groups in total. The third-order valence-electron chi connectivity index (χ3n) is 3.03. The van der Waals surface area contributed by atoms with Crippen LogP contribution >= 0.6 is 0 Å². The van der Waals surface area contributed by atoms with Gasteiger partial charge in [0, 0.05) is 18.0 Å². The number of nitrogens with one attached hydrogen (secondary N) is 1. The quantitative estimate of drug-likeness (QED) is 0.559. The Morgan fingerprint density at radius 3 is 2.33 bits per heavy atom. The molecular weight excluding hydrogens is 296 g/mol. The van der Waals surface area contributed by atoms with E-state index < -0.39 is 36.1 Å². The molecule has 0 saturated carbocycles. The van der Waals surface area contributed by atoms with Gasteiger partial charge in [0.1, 0.15) is 0 Å². The monoisotopic (exact) mass is 313 g/mol. The first-order valence-corrected chi connectivity index (χ1v) is 6.69. The van der Waals surface area contributed by atoms with E-state index in [1.807, 2.05) is 6.92 Å². The summed E-state index contributed by atoms with van der Waals surface area (Å²) in [5, 5.41) is 2.86. The fourth-order valence-corrected chi connectivity index (χ4v) is 2.00. The summed E-state index contributed by atoms with van der Waals surface area (Å²) >= 11 is 0. The van der Waals surface area contributed by atoms with E-state index >= 15 is 0 Å². The van der Waals surface area contributed by atoms with E-state index in [-0.39, 0.29) is 18.4 Å². The molecule has 0 aliphatic heterocycles. The molecule has 1 unspecified atom stereocenters. The molecule has 1 nitrogen and oxygen atoms in total. The fourth-order valence-electron chi connectivity index (χ4n) is 2.00. The Morgan fingerprint density at radius 2 is 1.76 bits per heavy atom. The second kappa shape index (κ2) is 7.68. The Hall–Kier alpha value is -1.24. The highest BCUT2D eigenvalue weighted by atomic mass is 19.4. The molecule has 0 bridgehead atoms. The van der Waals surface area contributed by atoms with E-state index in [0.29, 0.717) is 13.0 Å². The number of rotatable bonds is 7.